The summed E-state index contributed by atoms with van der Waals surface area (Å²) in [6.45, 7) is 0.129. The van der Waals surface area contributed by atoms with Crippen molar-refractivity contribution in [2.45, 2.75) is 6.04 Å². The highest BCUT2D eigenvalue weighted by Gasteiger charge is 2.22. The van der Waals surface area contributed by atoms with Gasteiger partial charge in [0.1, 0.15) is 17.7 Å². The summed E-state index contributed by atoms with van der Waals surface area (Å²) in [4.78, 5) is 12.3. The molecule has 0 aliphatic heterocycles. The Morgan fingerprint density at radius 3 is 2.70 bits per heavy atom. The number of hydrogen-bond acceptors (Lipinski definition) is 7. The van der Waals surface area contributed by atoms with Crippen LogP contribution >= 0.6 is 22.9 Å². The Morgan fingerprint density at radius 1 is 1.19 bits per heavy atom. The van der Waals surface area contributed by atoms with Gasteiger partial charge in [-0.3, -0.25) is 0 Å². The third-order valence-electron chi connectivity index (χ3n) is 4.24. The monoisotopic (exact) mass is 406 g/mol. The zero-order valence-corrected chi connectivity index (χ0v) is 15.3. The number of anilines is 1. The van der Waals surface area contributed by atoms with Crippen molar-refractivity contribution in [2.24, 2.45) is 11.5 Å². The van der Waals surface area contributed by atoms with Gasteiger partial charge in [-0.25, -0.2) is 23.7 Å². The fourth-order valence-electron chi connectivity index (χ4n) is 3.00. The van der Waals surface area contributed by atoms with Crippen LogP contribution in [0.2, 0.25) is 5.02 Å². The molecule has 4 rings (SSSR count). The maximum atomic E-state index is 15.4. The molecule has 0 aliphatic carbocycles. The van der Waals surface area contributed by atoms with Gasteiger partial charge in [-0.2, -0.15) is 0 Å². The number of halogens is 3. The Bertz CT molecular complexity index is 1200. The molecule has 6 N–H and O–H groups in total. The zero-order valence-electron chi connectivity index (χ0n) is 13.7. The van der Waals surface area contributed by atoms with Crippen molar-refractivity contribution in [1.29, 1.82) is 0 Å². The third-order valence-corrected chi connectivity index (χ3v) is 5.43. The van der Waals surface area contributed by atoms with Gasteiger partial charge in [0, 0.05) is 23.1 Å². The predicted octanol–water partition coefficient (Wildman–Crippen LogP) is 3.38. The molecule has 0 fully saturated rings. The molecule has 0 saturated carbocycles. The molecule has 0 spiro atoms. The molecule has 2 aromatic heterocycles. The second-order valence-corrected chi connectivity index (χ2v) is 7.31. The summed E-state index contributed by atoms with van der Waals surface area (Å²) in [5.74, 6) is -1.16. The van der Waals surface area contributed by atoms with Gasteiger partial charge in [-0.15, -0.1) is 0 Å². The van der Waals surface area contributed by atoms with E-state index in [1.165, 1.54) is 24.5 Å². The van der Waals surface area contributed by atoms with E-state index < -0.39 is 17.7 Å². The summed E-state index contributed by atoms with van der Waals surface area (Å²) in [6, 6.07) is 3.59. The molecule has 4 aromatic rings. The second kappa shape index (κ2) is 6.61. The molecular formula is C17H13ClF2N6S. The van der Waals surface area contributed by atoms with Crippen molar-refractivity contribution in [3.05, 3.63) is 46.9 Å². The number of hydrogen-bond donors (Lipinski definition) is 3. The molecule has 10 heteroatoms. The van der Waals surface area contributed by atoms with Crippen molar-refractivity contribution in [3.8, 4) is 11.1 Å². The van der Waals surface area contributed by atoms with E-state index in [0.717, 1.165) is 11.3 Å². The quantitative estimate of drug-likeness (QED) is 0.480. The number of nitrogens with two attached hydrogens (primary N) is 3. The van der Waals surface area contributed by atoms with Gasteiger partial charge >= 0.3 is 0 Å². The number of nitrogens with zero attached hydrogens (tertiary/aromatic N) is 3. The summed E-state index contributed by atoms with van der Waals surface area (Å²) in [5, 5.41) is 0.643. The van der Waals surface area contributed by atoms with E-state index >= 15 is 4.39 Å². The van der Waals surface area contributed by atoms with Gasteiger partial charge in [-0.05, 0) is 18.2 Å². The van der Waals surface area contributed by atoms with Crippen LogP contribution in [-0.4, -0.2) is 21.5 Å². The topological polar surface area (TPSA) is 117 Å². The van der Waals surface area contributed by atoms with E-state index in [2.05, 4.69) is 15.0 Å². The van der Waals surface area contributed by atoms with Crippen molar-refractivity contribution in [1.82, 2.24) is 15.0 Å². The lowest BCUT2D eigenvalue weighted by molar-refractivity contribution is 0.637. The molecule has 0 radical (unpaired) electrons. The Kier molecular flexibility index (Phi) is 4.39. The molecule has 0 amide bonds. The summed E-state index contributed by atoms with van der Waals surface area (Å²) in [5.41, 5.74) is 18.3. The Hall–Kier alpha value is -2.46. The Balaban J connectivity index is 2.06. The summed E-state index contributed by atoms with van der Waals surface area (Å²) < 4.78 is 29.7. The summed E-state index contributed by atoms with van der Waals surface area (Å²) in [7, 11) is 0. The fraction of sp³-hybridized carbons (Fsp3) is 0.118. The van der Waals surface area contributed by atoms with Gasteiger partial charge in [0.05, 0.1) is 27.0 Å². The Morgan fingerprint density at radius 2 is 1.96 bits per heavy atom. The first kappa shape index (κ1) is 17.9. The molecule has 6 nitrogen and oxygen atoms in total. The largest absolute Gasteiger partial charge is 0.375 e. The minimum Gasteiger partial charge on any atom is -0.375 e. The van der Waals surface area contributed by atoms with Crippen molar-refractivity contribution < 1.29 is 8.78 Å². The molecule has 0 saturated heterocycles. The average molecular weight is 407 g/mol. The van der Waals surface area contributed by atoms with E-state index in [0.29, 0.717) is 16.6 Å². The molecule has 1 unspecified atom stereocenters. The van der Waals surface area contributed by atoms with Crippen LogP contribution in [0, 0.1) is 11.6 Å². The van der Waals surface area contributed by atoms with Crippen LogP contribution < -0.4 is 17.2 Å². The SMILES string of the molecule is NCC(N)c1ncnc2c(F)c(-c3ccc(F)c4sc(N)nc34)c(Cl)cc12. The van der Waals surface area contributed by atoms with Crippen LogP contribution in [0.25, 0.3) is 32.2 Å². The molecule has 138 valence electrons. The molecular weight excluding hydrogens is 394 g/mol. The van der Waals surface area contributed by atoms with Gasteiger partial charge < -0.3 is 17.2 Å². The van der Waals surface area contributed by atoms with E-state index in [4.69, 9.17) is 28.8 Å². The fourth-order valence-corrected chi connectivity index (χ4v) is 4.05. The highest BCUT2D eigenvalue weighted by molar-refractivity contribution is 7.22. The smallest absolute Gasteiger partial charge is 0.181 e. The molecule has 1 atom stereocenters. The molecule has 0 bridgehead atoms. The Labute approximate surface area is 161 Å². The average Bonchev–Trinajstić information content (AvgIpc) is 3.05. The second-order valence-electron chi connectivity index (χ2n) is 5.87. The first-order chi connectivity index (χ1) is 12.9. The maximum absolute atomic E-state index is 15.4. The number of nitrogen functional groups attached to an aromatic ring is 1. The van der Waals surface area contributed by atoms with Crippen LogP contribution in [0.5, 0.6) is 0 Å². The lowest BCUT2D eigenvalue weighted by atomic mass is 9.99. The number of rotatable bonds is 3. The van der Waals surface area contributed by atoms with E-state index in [-0.39, 0.29) is 38.0 Å². The first-order valence-corrected chi connectivity index (χ1v) is 9.05. The minimum atomic E-state index is -0.676. The highest BCUT2D eigenvalue weighted by atomic mass is 35.5. The number of thiazole rings is 1. The van der Waals surface area contributed by atoms with Gasteiger partial charge in [0.2, 0.25) is 0 Å². The van der Waals surface area contributed by atoms with Crippen molar-refractivity contribution in [2.75, 3.05) is 12.3 Å². The maximum Gasteiger partial charge on any atom is 0.181 e. The van der Waals surface area contributed by atoms with Gasteiger partial charge in [0.15, 0.2) is 10.9 Å². The van der Waals surface area contributed by atoms with E-state index in [1.807, 2.05) is 0 Å². The highest BCUT2D eigenvalue weighted by Crippen LogP contribution is 2.41. The summed E-state index contributed by atoms with van der Waals surface area (Å²) in [6.07, 6.45) is 1.22. The number of benzene rings is 2. The molecule has 2 aromatic carbocycles. The minimum absolute atomic E-state index is 0.0453. The normalized spacial score (nSPS) is 12.8. The van der Waals surface area contributed by atoms with E-state index in [1.54, 1.807) is 0 Å². The third kappa shape index (κ3) is 2.79. The predicted molar refractivity (Wildman–Crippen MR) is 103 cm³/mol. The van der Waals surface area contributed by atoms with Gasteiger partial charge in [-0.1, -0.05) is 22.9 Å². The van der Waals surface area contributed by atoms with Crippen LogP contribution in [0.3, 0.4) is 0 Å². The van der Waals surface area contributed by atoms with Crippen LogP contribution in [-0.2, 0) is 0 Å². The molecule has 0 aliphatic rings. The van der Waals surface area contributed by atoms with Crippen LogP contribution in [0.15, 0.2) is 24.5 Å². The number of aromatic nitrogens is 3. The standard InChI is InChI=1S/C17H13ClF2N6S/c18-8-3-7-13(10(22)4-21)24-5-25-14(7)12(20)11(8)6-1-2-9(19)16-15(6)26-17(23)27-16/h1-3,5,10H,4,21-22H2,(H2,23,26). The van der Waals surface area contributed by atoms with Crippen LogP contribution in [0.1, 0.15) is 11.7 Å². The lowest BCUT2D eigenvalue weighted by Gasteiger charge is -2.14. The first-order valence-electron chi connectivity index (χ1n) is 7.85. The van der Waals surface area contributed by atoms with Crippen LogP contribution in [0.4, 0.5) is 13.9 Å². The summed E-state index contributed by atoms with van der Waals surface area (Å²) >= 11 is 7.38. The van der Waals surface area contributed by atoms with Crippen molar-refractivity contribution >= 4 is 49.2 Å². The van der Waals surface area contributed by atoms with Gasteiger partial charge in [0.25, 0.3) is 0 Å². The zero-order chi connectivity index (χ0) is 19.3. The van der Waals surface area contributed by atoms with E-state index in [9.17, 15) is 4.39 Å². The van der Waals surface area contributed by atoms with Crippen molar-refractivity contribution in [3.63, 3.8) is 0 Å². The molecule has 2 heterocycles. The number of fused-ring (bicyclic) bond motifs is 2. The lowest BCUT2D eigenvalue weighted by Crippen LogP contribution is -2.22. The molecule has 27 heavy (non-hydrogen) atoms.